The van der Waals surface area contributed by atoms with Gasteiger partial charge in [-0.05, 0) is 30.3 Å². The predicted molar refractivity (Wildman–Crippen MR) is 94.0 cm³/mol. The fraction of sp³-hybridized carbons (Fsp3) is 0. The van der Waals surface area contributed by atoms with Gasteiger partial charge < -0.3 is 14.9 Å². The van der Waals surface area contributed by atoms with Crippen LogP contribution in [-0.4, -0.2) is 15.3 Å². The summed E-state index contributed by atoms with van der Waals surface area (Å²) in [6.07, 6.45) is 6.45. The number of carbonyl (C=O) groups is 1. The van der Waals surface area contributed by atoms with Crippen molar-refractivity contribution < 1.29 is 9.52 Å². The number of carbonyl (C=O) groups excluding carboxylic acids is 1. The van der Waals surface area contributed by atoms with Gasteiger partial charge in [-0.1, -0.05) is 18.2 Å². The normalized spacial score (nSPS) is 10.7. The summed E-state index contributed by atoms with van der Waals surface area (Å²) < 4.78 is 2.53. The molecule has 0 saturated heterocycles. The van der Waals surface area contributed by atoms with E-state index in [1.54, 1.807) is 16.7 Å². The molecule has 0 aliphatic heterocycles. The van der Waals surface area contributed by atoms with Crippen molar-refractivity contribution in [2.75, 3.05) is 5.32 Å². The van der Waals surface area contributed by atoms with E-state index in [2.05, 4.69) is 10.3 Å². The molecule has 0 radical (unpaired) electrons. The minimum atomic E-state index is -0.270. The molecule has 6 heteroatoms. The molecule has 0 unspecified atom stereocenters. The maximum atomic E-state index is 12.4. The van der Waals surface area contributed by atoms with Crippen LogP contribution in [0.15, 0.2) is 79.4 Å². The van der Waals surface area contributed by atoms with Crippen LogP contribution >= 0.6 is 0 Å². The second-order valence-electron chi connectivity index (χ2n) is 5.58. The van der Waals surface area contributed by atoms with Gasteiger partial charge in [0.1, 0.15) is 11.3 Å². The van der Waals surface area contributed by atoms with Gasteiger partial charge in [0.2, 0.25) is 0 Å². The van der Waals surface area contributed by atoms with Gasteiger partial charge in [-0.3, -0.25) is 4.79 Å². The zero-order valence-electron chi connectivity index (χ0n) is 13.2. The molecule has 0 bridgehead atoms. The average Bonchev–Trinajstić information content (AvgIpc) is 3.06. The van der Waals surface area contributed by atoms with E-state index in [0.717, 1.165) is 21.5 Å². The number of fused-ring (bicyclic) bond motifs is 1. The molecule has 0 atom stereocenters. The highest BCUT2D eigenvalue weighted by atomic mass is 16.5. The Bertz CT molecular complexity index is 1060. The molecular formula is C19H14N4O2. The van der Waals surface area contributed by atoms with Gasteiger partial charge in [-0.2, -0.15) is 4.73 Å². The highest BCUT2D eigenvalue weighted by Gasteiger charge is 2.12. The van der Waals surface area contributed by atoms with Gasteiger partial charge in [0.05, 0.1) is 0 Å². The summed E-state index contributed by atoms with van der Waals surface area (Å²) >= 11 is 0. The molecule has 4 rings (SSSR count). The first kappa shape index (κ1) is 14.9. The fourth-order valence-corrected chi connectivity index (χ4v) is 2.61. The van der Waals surface area contributed by atoms with Crippen molar-refractivity contribution in [3.63, 3.8) is 0 Å². The Morgan fingerprint density at radius 2 is 1.84 bits per heavy atom. The van der Waals surface area contributed by atoms with Crippen molar-refractivity contribution in [3.05, 3.63) is 90.3 Å². The Balaban J connectivity index is 1.65. The van der Waals surface area contributed by atoms with Gasteiger partial charge in [0, 0.05) is 35.3 Å². The molecule has 122 valence electrons. The minimum absolute atomic E-state index is 0.270. The molecule has 0 spiro atoms. The third-order valence-corrected chi connectivity index (χ3v) is 3.82. The number of anilines is 1. The number of benzene rings is 1. The molecule has 0 aliphatic carbocycles. The Labute approximate surface area is 143 Å². The summed E-state index contributed by atoms with van der Waals surface area (Å²) in [6, 6.07) is 16.5. The van der Waals surface area contributed by atoms with Gasteiger partial charge in [-0.15, -0.1) is 0 Å². The number of pyridine rings is 2. The van der Waals surface area contributed by atoms with Crippen LogP contribution in [-0.2, 0) is 0 Å². The van der Waals surface area contributed by atoms with Crippen molar-refractivity contribution in [1.82, 2.24) is 9.38 Å². The molecule has 1 amide bonds. The predicted octanol–water partition coefficient (Wildman–Crippen LogP) is 2.89. The van der Waals surface area contributed by atoms with E-state index < -0.39 is 0 Å². The number of amides is 1. The first-order chi connectivity index (χ1) is 12.2. The quantitative estimate of drug-likeness (QED) is 0.464. The standard InChI is InChI=1S/C19H14N4O2/c24-19(20-16-6-2-1-3-7-16)17-13-22-11-15(8-9-18(22)21-17)14-5-4-10-23(25)12-14/h1-13H,(H,20,24). The summed E-state index contributed by atoms with van der Waals surface area (Å²) in [5.41, 5.74) is 3.36. The van der Waals surface area contributed by atoms with Crippen LogP contribution in [0, 0.1) is 5.21 Å². The molecule has 1 N–H and O–H groups in total. The average molecular weight is 330 g/mol. The van der Waals surface area contributed by atoms with E-state index in [4.69, 9.17) is 0 Å². The number of rotatable bonds is 3. The maximum Gasteiger partial charge on any atom is 0.275 e. The van der Waals surface area contributed by atoms with E-state index >= 15 is 0 Å². The van der Waals surface area contributed by atoms with Crippen molar-refractivity contribution in [3.8, 4) is 11.1 Å². The topological polar surface area (TPSA) is 73.3 Å². The number of aromatic nitrogens is 3. The summed E-state index contributed by atoms with van der Waals surface area (Å²) in [6.45, 7) is 0. The molecule has 1 aromatic carbocycles. The van der Waals surface area contributed by atoms with Crippen LogP contribution in [0.2, 0.25) is 0 Å². The third-order valence-electron chi connectivity index (χ3n) is 3.82. The number of imidazole rings is 1. The number of hydrogen-bond donors (Lipinski definition) is 1. The molecule has 0 aliphatic rings. The molecular weight excluding hydrogens is 316 g/mol. The van der Waals surface area contributed by atoms with E-state index in [9.17, 15) is 10.0 Å². The second-order valence-corrected chi connectivity index (χ2v) is 5.58. The van der Waals surface area contributed by atoms with Crippen molar-refractivity contribution in [2.45, 2.75) is 0 Å². The smallest absolute Gasteiger partial charge is 0.275 e. The summed E-state index contributed by atoms with van der Waals surface area (Å²) in [5.74, 6) is -0.270. The first-order valence-electron chi connectivity index (χ1n) is 7.73. The molecule has 3 heterocycles. The number of nitrogens with one attached hydrogen (secondary N) is 1. The van der Waals surface area contributed by atoms with Crippen molar-refractivity contribution in [2.24, 2.45) is 0 Å². The molecule has 0 saturated carbocycles. The number of para-hydroxylation sites is 1. The lowest BCUT2D eigenvalue weighted by molar-refractivity contribution is -0.604. The monoisotopic (exact) mass is 330 g/mol. The highest BCUT2D eigenvalue weighted by Crippen LogP contribution is 2.19. The zero-order valence-corrected chi connectivity index (χ0v) is 13.2. The molecule has 0 fully saturated rings. The molecule has 4 aromatic rings. The van der Waals surface area contributed by atoms with Crippen molar-refractivity contribution in [1.29, 1.82) is 0 Å². The van der Waals surface area contributed by atoms with Gasteiger partial charge in [0.15, 0.2) is 12.4 Å². The number of nitrogens with zero attached hydrogens (tertiary/aromatic N) is 3. The zero-order chi connectivity index (χ0) is 17.2. The Hall–Kier alpha value is -3.67. The van der Waals surface area contributed by atoms with Crippen LogP contribution < -0.4 is 10.0 Å². The summed E-state index contributed by atoms with van der Waals surface area (Å²) in [4.78, 5) is 16.7. The van der Waals surface area contributed by atoms with Gasteiger partial charge in [-0.25, -0.2) is 4.98 Å². The highest BCUT2D eigenvalue weighted by molar-refractivity contribution is 6.03. The fourth-order valence-electron chi connectivity index (χ4n) is 2.61. The summed E-state index contributed by atoms with van der Waals surface area (Å²) in [7, 11) is 0. The van der Waals surface area contributed by atoms with Crippen LogP contribution in [0.25, 0.3) is 16.8 Å². The lowest BCUT2D eigenvalue weighted by Crippen LogP contribution is -2.23. The summed E-state index contributed by atoms with van der Waals surface area (Å²) in [5, 5.41) is 14.3. The van der Waals surface area contributed by atoms with Crippen LogP contribution in [0.5, 0.6) is 0 Å². The van der Waals surface area contributed by atoms with Crippen LogP contribution in [0.4, 0.5) is 5.69 Å². The molecule has 25 heavy (non-hydrogen) atoms. The SMILES string of the molecule is O=C(Nc1ccccc1)c1cn2cc(-c3ccc[n+]([O-])c3)ccc2n1. The Morgan fingerprint density at radius 1 is 1.00 bits per heavy atom. The van der Waals surface area contributed by atoms with E-state index in [1.165, 1.54) is 12.4 Å². The molecule has 6 nitrogen and oxygen atoms in total. The van der Waals surface area contributed by atoms with E-state index in [1.807, 2.05) is 54.7 Å². The second kappa shape index (κ2) is 6.09. The lowest BCUT2D eigenvalue weighted by Gasteiger charge is -2.02. The minimum Gasteiger partial charge on any atom is -0.619 e. The van der Waals surface area contributed by atoms with Crippen LogP contribution in [0.1, 0.15) is 10.5 Å². The Morgan fingerprint density at radius 3 is 2.64 bits per heavy atom. The largest absolute Gasteiger partial charge is 0.619 e. The van der Waals surface area contributed by atoms with E-state index in [-0.39, 0.29) is 5.91 Å². The maximum absolute atomic E-state index is 12.4. The number of hydrogen-bond acceptors (Lipinski definition) is 3. The molecule has 3 aromatic heterocycles. The van der Waals surface area contributed by atoms with Gasteiger partial charge in [0.25, 0.3) is 5.91 Å². The van der Waals surface area contributed by atoms with Crippen molar-refractivity contribution >= 4 is 17.2 Å². The van der Waals surface area contributed by atoms with Gasteiger partial charge >= 0.3 is 0 Å². The third kappa shape index (κ3) is 3.05. The lowest BCUT2D eigenvalue weighted by atomic mass is 10.1. The Kier molecular flexibility index (Phi) is 3.63. The first-order valence-corrected chi connectivity index (χ1v) is 7.73. The van der Waals surface area contributed by atoms with E-state index in [0.29, 0.717) is 11.3 Å². The van der Waals surface area contributed by atoms with Crippen LogP contribution in [0.3, 0.4) is 0 Å².